The van der Waals surface area contributed by atoms with Crippen molar-refractivity contribution in [3.63, 3.8) is 0 Å². The minimum atomic E-state index is 0.780. The molecule has 0 aliphatic rings. The van der Waals surface area contributed by atoms with Gasteiger partial charge in [-0.1, -0.05) is 72.8 Å². The Morgan fingerprint density at radius 2 is 0.911 bits per heavy atom. The Bertz CT molecular complexity index is 2420. The van der Waals surface area contributed by atoms with Gasteiger partial charge < -0.3 is 14.0 Å². The van der Waals surface area contributed by atoms with Gasteiger partial charge in [-0.2, -0.15) is 0 Å². The summed E-state index contributed by atoms with van der Waals surface area (Å²) in [6.45, 7) is 0. The molecule has 0 fully saturated rings. The van der Waals surface area contributed by atoms with E-state index in [0.29, 0.717) is 0 Å². The number of pyridine rings is 1. The maximum Gasteiger partial charge on any atom is 0.140 e. The molecule has 0 saturated carbocycles. The zero-order valence-electron chi connectivity index (χ0n) is 24.2. The van der Waals surface area contributed by atoms with E-state index in [0.717, 1.165) is 72.4 Å². The molecule has 6 nitrogen and oxygen atoms in total. The molecule has 9 rings (SSSR count). The van der Waals surface area contributed by atoms with Gasteiger partial charge in [0.2, 0.25) is 0 Å². The minimum absolute atomic E-state index is 0.780. The number of aromatic nitrogens is 5. The van der Waals surface area contributed by atoms with E-state index in [4.69, 9.17) is 15.2 Å². The predicted molar refractivity (Wildman–Crippen MR) is 183 cm³/mol. The van der Waals surface area contributed by atoms with E-state index in [1.807, 2.05) is 30.5 Å². The molecule has 9 aromatic rings. The highest BCUT2D eigenvalue weighted by Crippen LogP contribution is 2.40. The molecule has 4 heterocycles. The number of benzene rings is 5. The molecule has 0 saturated heterocycles. The standard InChI is InChI=1S/C39H26N6/c1-4-13-27(14-5-1)43(28-15-6-2-7-16-28)30-22-24-31(25-23-30)44-33-20-11-10-19-32(33)35-38(44)39-37(42-41-35)36-34(21-12-26-40-36)45(39)29-17-8-3-9-18-29/h1-26H. The third-order valence-electron chi connectivity index (χ3n) is 8.43. The molecule has 0 N–H and O–H groups in total. The van der Waals surface area contributed by atoms with Crippen LogP contribution >= 0.6 is 0 Å². The van der Waals surface area contributed by atoms with Crippen molar-refractivity contribution in [2.45, 2.75) is 0 Å². The van der Waals surface area contributed by atoms with Crippen LogP contribution in [-0.2, 0) is 0 Å². The van der Waals surface area contributed by atoms with Crippen LogP contribution < -0.4 is 4.90 Å². The number of rotatable bonds is 5. The average Bonchev–Trinajstić information content (AvgIpc) is 3.63. The van der Waals surface area contributed by atoms with Crippen molar-refractivity contribution in [2.75, 3.05) is 4.90 Å². The van der Waals surface area contributed by atoms with E-state index in [1.54, 1.807) is 0 Å². The maximum absolute atomic E-state index is 4.83. The highest BCUT2D eigenvalue weighted by molar-refractivity contribution is 6.20. The quantitative estimate of drug-likeness (QED) is 0.204. The van der Waals surface area contributed by atoms with E-state index in [9.17, 15) is 0 Å². The second-order valence-corrected chi connectivity index (χ2v) is 11.0. The van der Waals surface area contributed by atoms with E-state index < -0.39 is 0 Å². The van der Waals surface area contributed by atoms with Gasteiger partial charge in [0, 0.05) is 40.0 Å². The number of hydrogen-bond donors (Lipinski definition) is 0. The van der Waals surface area contributed by atoms with E-state index in [1.165, 1.54) is 0 Å². The maximum atomic E-state index is 4.83. The topological polar surface area (TPSA) is 51.8 Å². The lowest BCUT2D eigenvalue weighted by atomic mass is 10.2. The first-order valence-corrected chi connectivity index (χ1v) is 15.0. The van der Waals surface area contributed by atoms with Crippen molar-refractivity contribution < 1.29 is 0 Å². The fourth-order valence-corrected chi connectivity index (χ4v) is 6.52. The molecule has 4 aromatic heterocycles. The largest absolute Gasteiger partial charge is 0.311 e. The Hall–Kier alpha value is -6.27. The monoisotopic (exact) mass is 578 g/mol. The summed E-state index contributed by atoms with van der Waals surface area (Å²) >= 11 is 0. The Balaban J connectivity index is 1.33. The predicted octanol–water partition coefficient (Wildman–Crippen LogP) is 9.54. The van der Waals surface area contributed by atoms with Crippen molar-refractivity contribution in [3.8, 4) is 11.4 Å². The van der Waals surface area contributed by atoms with Crippen LogP contribution in [-0.4, -0.2) is 24.3 Å². The third kappa shape index (κ3) is 3.93. The zero-order valence-corrected chi connectivity index (χ0v) is 24.2. The Morgan fingerprint density at radius 1 is 0.400 bits per heavy atom. The van der Waals surface area contributed by atoms with E-state index in [-0.39, 0.29) is 0 Å². The Kier molecular flexibility index (Phi) is 5.71. The fraction of sp³-hybridized carbons (Fsp3) is 0. The summed E-state index contributed by atoms with van der Waals surface area (Å²) in [4.78, 5) is 7.05. The van der Waals surface area contributed by atoms with Crippen LogP contribution in [0.25, 0.3) is 55.4 Å². The van der Waals surface area contributed by atoms with E-state index >= 15 is 0 Å². The Morgan fingerprint density at radius 3 is 1.62 bits per heavy atom. The molecule has 6 heteroatoms. The second kappa shape index (κ2) is 10.2. The van der Waals surface area contributed by atoms with Gasteiger partial charge in [-0.25, -0.2) is 0 Å². The van der Waals surface area contributed by atoms with Gasteiger partial charge in [0.05, 0.1) is 11.0 Å². The molecule has 0 spiro atoms. The Labute approximate surface area is 259 Å². The fourth-order valence-electron chi connectivity index (χ4n) is 6.52. The highest BCUT2D eigenvalue weighted by atomic mass is 15.2. The van der Waals surface area contributed by atoms with Gasteiger partial charge in [-0.05, 0) is 78.9 Å². The third-order valence-corrected chi connectivity index (χ3v) is 8.43. The molecule has 5 aromatic carbocycles. The summed E-state index contributed by atoms with van der Waals surface area (Å²) in [7, 11) is 0. The van der Waals surface area contributed by atoms with Crippen LogP contribution in [0.1, 0.15) is 0 Å². The second-order valence-electron chi connectivity index (χ2n) is 11.0. The average molecular weight is 579 g/mol. The lowest BCUT2D eigenvalue weighted by molar-refractivity contribution is 1.10. The minimum Gasteiger partial charge on any atom is -0.311 e. The molecule has 0 aliphatic carbocycles. The summed E-state index contributed by atoms with van der Waals surface area (Å²) in [5.74, 6) is 0. The molecule has 45 heavy (non-hydrogen) atoms. The van der Waals surface area contributed by atoms with Crippen molar-refractivity contribution in [3.05, 3.63) is 158 Å². The molecule has 0 aliphatic heterocycles. The van der Waals surface area contributed by atoms with Gasteiger partial charge in [0.15, 0.2) is 0 Å². The van der Waals surface area contributed by atoms with Gasteiger partial charge in [-0.3, -0.25) is 4.98 Å². The normalized spacial score (nSPS) is 11.6. The summed E-state index contributed by atoms with van der Waals surface area (Å²) in [5, 5.41) is 10.7. The van der Waals surface area contributed by atoms with Crippen molar-refractivity contribution >= 4 is 61.1 Å². The molecular weight excluding hydrogens is 552 g/mol. The number of nitrogens with zero attached hydrogens (tertiary/aromatic N) is 6. The summed E-state index contributed by atoms with van der Waals surface area (Å²) < 4.78 is 4.59. The SMILES string of the molecule is c1ccc(N(c2ccccc2)c2ccc(-n3c4ccccc4c4nnc5c6ncccc6n(-c6ccccc6)c5c43)cc2)cc1. The first-order chi connectivity index (χ1) is 22.4. The van der Waals surface area contributed by atoms with Gasteiger partial charge in [0.25, 0.3) is 0 Å². The molecule has 0 atom stereocenters. The molecule has 0 bridgehead atoms. The number of fused-ring (bicyclic) bond motifs is 7. The smallest absolute Gasteiger partial charge is 0.140 e. The molecule has 0 unspecified atom stereocenters. The number of anilines is 3. The van der Waals surface area contributed by atoms with E-state index in [2.05, 4.69) is 141 Å². The molecule has 0 radical (unpaired) electrons. The van der Waals surface area contributed by atoms with Gasteiger partial charge in [-0.15, -0.1) is 10.2 Å². The number of hydrogen-bond acceptors (Lipinski definition) is 4. The van der Waals surface area contributed by atoms with Crippen molar-refractivity contribution in [1.82, 2.24) is 24.3 Å². The summed E-state index contributed by atoms with van der Waals surface area (Å²) in [6.07, 6.45) is 1.82. The zero-order chi connectivity index (χ0) is 29.7. The first kappa shape index (κ1) is 25.2. The van der Waals surface area contributed by atoms with Gasteiger partial charge in [0.1, 0.15) is 27.6 Å². The van der Waals surface area contributed by atoms with Crippen LogP contribution in [0.2, 0.25) is 0 Å². The van der Waals surface area contributed by atoms with Crippen LogP contribution in [0.3, 0.4) is 0 Å². The van der Waals surface area contributed by atoms with Gasteiger partial charge >= 0.3 is 0 Å². The van der Waals surface area contributed by atoms with Crippen molar-refractivity contribution in [1.29, 1.82) is 0 Å². The van der Waals surface area contributed by atoms with Crippen LogP contribution in [0.5, 0.6) is 0 Å². The van der Waals surface area contributed by atoms with Crippen LogP contribution in [0.15, 0.2) is 158 Å². The highest BCUT2D eigenvalue weighted by Gasteiger charge is 2.23. The molecular formula is C39H26N6. The first-order valence-electron chi connectivity index (χ1n) is 15.0. The lowest BCUT2D eigenvalue weighted by Crippen LogP contribution is -2.09. The summed E-state index contributed by atoms with van der Waals surface area (Å²) in [5.41, 5.74) is 11.9. The van der Waals surface area contributed by atoms with Crippen LogP contribution in [0.4, 0.5) is 17.1 Å². The summed E-state index contributed by atoms with van der Waals surface area (Å²) in [6, 6.07) is 52.6. The number of para-hydroxylation sites is 4. The van der Waals surface area contributed by atoms with Crippen LogP contribution in [0, 0.1) is 0 Å². The lowest BCUT2D eigenvalue weighted by Gasteiger charge is -2.25. The molecule has 0 amide bonds. The van der Waals surface area contributed by atoms with Crippen molar-refractivity contribution in [2.24, 2.45) is 0 Å². The molecule has 212 valence electrons.